The molecular weight excluding hydrogens is 278 g/mol. The lowest BCUT2D eigenvalue weighted by molar-refractivity contribution is -0.250. The van der Waals surface area contributed by atoms with Gasteiger partial charge in [-0.1, -0.05) is 6.92 Å². The predicted octanol–water partition coefficient (Wildman–Crippen LogP) is 1.90. The molecule has 0 spiro atoms. The second kappa shape index (κ2) is 6.43. The van der Waals surface area contributed by atoms with Gasteiger partial charge in [-0.2, -0.15) is 4.99 Å². The zero-order valence-electron chi connectivity index (χ0n) is 11.3. The van der Waals surface area contributed by atoms with E-state index in [-0.39, 0.29) is 5.92 Å². The molecule has 5 atom stereocenters. The van der Waals surface area contributed by atoms with E-state index in [2.05, 4.69) is 22.4 Å². The number of nitrogens with zero attached hydrogens (tertiary/aromatic N) is 1. The summed E-state index contributed by atoms with van der Waals surface area (Å²) in [7, 11) is 0. The van der Waals surface area contributed by atoms with Crippen molar-refractivity contribution < 1.29 is 19.7 Å². The minimum absolute atomic E-state index is 0.317. The third-order valence-corrected chi connectivity index (χ3v) is 3.54. The van der Waals surface area contributed by atoms with Gasteiger partial charge in [-0.15, -0.1) is 0 Å². The average Bonchev–Trinajstić information content (AvgIpc) is 2.45. The molecule has 0 radical (unpaired) electrons. The van der Waals surface area contributed by atoms with Gasteiger partial charge in [-0.25, -0.2) is 0 Å². The summed E-state index contributed by atoms with van der Waals surface area (Å²) in [6.07, 6.45) is -2.79. The van der Waals surface area contributed by atoms with Crippen LogP contribution in [-0.4, -0.2) is 40.0 Å². The third kappa shape index (κ3) is 3.23. The largest absolute Gasteiger partial charge is 0.462 e. The Morgan fingerprint density at radius 2 is 1.85 bits per heavy atom. The van der Waals surface area contributed by atoms with Gasteiger partial charge in [-0.3, -0.25) is 0 Å². The van der Waals surface area contributed by atoms with E-state index in [4.69, 9.17) is 9.47 Å². The minimum Gasteiger partial charge on any atom is -0.462 e. The molecule has 6 heteroatoms. The van der Waals surface area contributed by atoms with Gasteiger partial charge < -0.3 is 19.7 Å². The number of rotatable bonds is 3. The molecule has 0 aromatic heterocycles. The molecular formula is C14H17NO4S. The minimum atomic E-state index is -0.889. The van der Waals surface area contributed by atoms with Crippen molar-refractivity contribution in [1.29, 1.82) is 0 Å². The lowest BCUT2D eigenvalue weighted by atomic mass is 9.91. The molecule has 1 aliphatic rings. The number of aliphatic imine (C=N–C) groups is 1. The fourth-order valence-corrected chi connectivity index (χ4v) is 2.24. The highest BCUT2D eigenvalue weighted by Gasteiger charge is 2.41. The van der Waals surface area contributed by atoms with Crippen LogP contribution >= 0.6 is 12.2 Å². The highest BCUT2D eigenvalue weighted by atomic mass is 32.1. The quantitative estimate of drug-likeness (QED) is 0.658. The van der Waals surface area contributed by atoms with Gasteiger partial charge in [0.15, 0.2) is 0 Å². The Morgan fingerprint density at radius 3 is 2.45 bits per heavy atom. The molecule has 0 amide bonds. The Labute approximate surface area is 122 Å². The van der Waals surface area contributed by atoms with Crippen molar-refractivity contribution in [1.82, 2.24) is 0 Å². The van der Waals surface area contributed by atoms with Crippen LogP contribution < -0.4 is 4.74 Å². The van der Waals surface area contributed by atoms with Crippen LogP contribution in [0.15, 0.2) is 29.3 Å². The summed E-state index contributed by atoms with van der Waals surface area (Å²) >= 11 is 4.53. The van der Waals surface area contributed by atoms with E-state index in [0.29, 0.717) is 11.4 Å². The molecule has 0 aliphatic carbocycles. The van der Waals surface area contributed by atoms with Crippen molar-refractivity contribution in [2.24, 2.45) is 10.9 Å². The number of hydrogen-bond acceptors (Lipinski definition) is 6. The Balaban J connectivity index is 2.07. The van der Waals surface area contributed by atoms with Crippen LogP contribution in [-0.2, 0) is 4.74 Å². The molecule has 1 aliphatic heterocycles. The standard InChI is InChI=1S/C14H17NO4S/c1-8-12(16)9(2)18-14(13(8)17)19-11-5-3-10(4-6-11)15-7-20/h3-6,8-9,12-14,16-17H,1-2H3/t8-,9+,12+,13+,14-/m1/s1. The number of aliphatic hydroxyl groups is 2. The molecule has 1 aromatic carbocycles. The van der Waals surface area contributed by atoms with Crippen LogP contribution in [0.5, 0.6) is 5.75 Å². The average molecular weight is 295 g/mol. The maximum absolute atomic E-state index is 10.1. The van der Waals surface area contributed by atoms with E-state index in [9.17, 15) is 10.2 Å². The Hall–Kier alpha value is -1.30. The highest BCUT2D eigenvalue weighted by Crippen LogP contribution is 2.28. The Morgan fingerprint density at radius 1 is 1.20 bits per heavy atom. The molecule has 2 N–H and O–H groups in total. The summed E-state index contributed by atoms with van der Waals surface area (Å²) in [6.45, 7) is 3.52. The second-order valence-corrected chi connectivity index (χ2v) is 5.05. The van der Waals surface area contributed by atoms with Crippen molar-refractivity contribution >= 4 is 23.1 Å². The van der Waals surface area contributed by atoms with Gasteiger partial charge in [0, 0.05) is 5.92 Å². The maximum atomic E-state index is 10.1. The van der Waals surface area contributed by atoms with Crippen molar-refractivity contribution in [3.63, 3.8) is 0 Å². The number of thiocarbonyl (C=S) groups is 1. The summed E-state index contributed by atoms with van der Waals surface area (Å²) in [6, 6.07) is 6.88. The second-order valence-electron chi connectivity index (χ2n) is 4.86. The van der Waals surface area contributed by atoms with Crippen LogP contribution in [0.4, 0.5) is 5.69 Å². The molecule has 108 valence electrons. The number of isothiocyanates is 1. The Bertz CT molecular complexity index is 500. The number of hydrogen-bond donors (Lipinski definition) is 2. The van der Waals surface area contributed by atoms with Crippen LogP contribution in [0.25, 0.3) is 0 Å². The van der Waals surface area contributed by atoms with Gasteiger partial charge in [0.1, 0.15) is 11.9 Å². The zero-order chi connectivity index (χ0) is 14.7. The highest BCUT2D eigenvalue weighted by molar-refractivity contribution is 7.78. The van der Waals surface area contributed by atoms with Crippen LogP contribution in [0, 0.1) is 5.92 Å². The van der Waals surface area contributed by atoms with Gasteiger partial charge >= 0.3 is 0 Å². The van der Waals surface area contributed by atoms with Crippen LogP contribution in [0.3, 0.4) is 0 Å². The SMILES string of the molecule is C[C@H]1[C@H](O)[C@@H](Oc2ccc(N=C=S)cc2)O[C@@H](C)[C@H]1O. The molecule has 0 unspecified atom stereocenters. The summed E-state index contributed by atoms with van der Waals surface area (Å²) in [5.74, 6) is 0.232. The van der Waals surface area contributed by atoms with Gasteiger partial charge in [0.2, 0.25) is 6.29 Å². The van der Waals surface area contributed by atoms with E-state index in [1.54, 1.807) is 38.1 Å². The number of benzene rings is 1. The lowest BCUT2D eigenvalue weighted by Crippen LogP contribution is -2.54. The first kappa shape index (κ1) is 15.1. The summed E-state index contributed by atoms with van der Waals surface area (Å²) in [5, 5.41) is 22.2. The molecule has 0 saturated carbocycles. The van der Waals surface area contributed by atoms with Crippen molar-refractivity contribution in [2.75, 3.05) is 0 Å². The molecule has 5 nitrogen and oxygen atoms in total. The summed E-state index contributed by atoms with van der Waals surface area (Å²) in [5.41, 5.74) is 0.676. The molecule has 0 bridgehead atoms. The molecule has 1 saturated heterocycles. The monoisotopic (exact) mass is 295 g/mol. The van der Waals surface area contributed by atoms with E-state index >= 15 is 0 Å². The number of aliphatic hydroxyl groups excluding tert-OH is 2. The maximum Gasteiger partial charge on any atom is 0.226 e. The van der Waals surface area contributed by atoms with Gasteiger partial charge in [0.05, 0.1) is 23.1 Å². The fraction of sp³-hybridized carbons (Fsp3) is 0.500. The van der Waals surface area contributed by atoms with Crippen molar-refractivity contribution in [3.05, 3.63) is 24.3 Å². The zero-order valence-corrected chi connectivity index (χ0v) is 12.1. The smallest absolute Gasteiger partial charge is 0.226 e. The fourth-order valence-electron chi connectivity index (χ4n) is 2.13. The van der Waals surface area contributed by atoms with E-state index < -0.39 is 24.6 Å². The first-order valence-corrected chi connectivity index (χ1v) is 6.80. The molecule has 1 fully saturated rings. The molecule has 20 heavy (non-hydrogen) atoms. The lowest BCUT2D eigenvalue weighted by Gasteiger charge is -2.39. The first-order valence-electron chi connectivity index (χ1n) is 6.39. The van der Waals surface area contributed by atoms with E-state index in [1.165, 1.54) is 0 Å². The first-order chi connectivity index (χ1) is 9.52. The predicted molar refractivity (Wildman–Crippen MR) is 77.3 cm³/mol. The van der Waals surface area contributed by atoms with Crippen LogP contribution in [0.1, 0.15) is 13.8 Å². The third-order valence-electron chi connectivity index (χ3n) is 3.45. The summed E-state index contributed by atoms with van der Waals surface area (Å²) in [4.78, 5) is 3.84. The van der Waals surface area contributed by atoms with Crippen molar-refractivity contribution in [2.45, 2.75) is 38.4 Å². The van der Waals surface area contributed by atoms with Gasteiger partial charge in [0.25, 0.3) is 0 Å². The van der Waals surface area contributed by atoms with Crippen LogP contribution in [0.2, 0.25) is 0 Å². The van der Waals surface area contributed by atoms with E-state index in [1.807, 2.05) is 0 Å². The number of ether oxygens (including phenoxy) is 2. The van der Waals surface area contributed by atoms with Gasteiger partial charge in [-0.05, 0) is 43.4 Å². The molecule has 2 rings (SSSR count). The Kier molecular flexibility index (Phi) is 4.86. The van der Waals surface area contributed by atoms with E-state index in [0.717, 1.165) is 0 Å². The molecule has 1 heterocycles. The topological polar surface area (TPSA) is 71.3 Å². The normalized spacial score (nSPS) is 33.3. The molecule has 1 aromatic rings. The van der Waals surface area contributed by atoms with Crippen molar-refractivity contribution in [3.8, 4) is 5.75 Å². The summed E-state index contributed by atoms with van der Waals surface area (Å²) < 4.78 is 11.1.